The minimum Gasteiger partial charge on any atom is -0.449 e. The van der Waals surface area contributed by atoms with Crippen LogP contribution in [0.25, 0.3) is 6.08 Å². The highest BCUT2D eigenvalue weighted by molar-refractivity contribution is 9.10. The van der Waals surface area contributed by atoms with Crippen molar-refractivity contribution in [2.75, 3.05) is 38.3 Å². The molecule has 2 saturated heterocycles. The van der Waals surface area contributed by atoms with Crippen LogP contribution in [0.5, 0.6) is 0 Å². The van der Waals surface area contributed by atoms with E-state index in [1.807, 2.05) is 42.5 Å². The number of aliphatic imine (C=N–C) groups is 1. The van der Waals surface area contributed by atoms with E-state index in [2.05, 4.69) is 33.0 Å². The first-order valence-electron chi connectivity index (χ1n) is 10.9. The van der Waals surface area contributed by atoms with Crippen LogP contribution < -0.4 is 4.90 Å². The zero-order chi connectivity index (χ0) is 24.4. The highest BCUT2D eigenvalue weighted by Gasteiger charge is 2.31. The fourth-order valence-corrected chi connectivity index (χ4v) is 5.99. The van der Waals surface area contributed by atoms with Gasteiger partial charge in [-0.2, -0.15) is 0 Å². The number of amidine groups is 1. The Morgan fingerprint density at radius 2 is 1.83 bits per heavy atom. The third-order valence-corrected chi connectivity index (χ3v) is 8.59. The van der Waals surface area contributed by atoms with Crippen molar-refractivity contribution in [2.45, 2.75) is 9.99 Å². The molecule has 2 aliphatic rings. The molecule has 0 bridgehead atoms. The number of ether oxygens (including phenoxy) is 1. The molecule has 2 aromatic carbocycles. The third-order valence-electron chi connectivity index (χ3n) is 5.43. The summed E-state index contributed by atoms with van der Waals surface area (Å²) in [5, 5.41) is 2.02. The molecular formula is C25H21BrClN3O3S2. The van der Waals surface area contributed by atoms with Crippen molar-refractivity contribution in [3.8, 4) is 0 Å². The van der Waals surface area contributed by atoms with Gasteiger partial charge < -0.3 is 14.1 Å². The maximum atomic E-state index is 12.9. The van der Waals surface area contributed by atoms with E-state index in [4.69, 9.17) is 25.7 Å². The summed E-state index contributed by atoms with van der Waals surface area (Å²) < 4.78 is 12.2. The molecule has 1 amide bonds. The summed E-state index contributed by atoms with van der Waals surface area (Å²) in [5.41, 5.74) is 1.95. The van der Waals surface area contributed by atoms with E-state index in [1.165, 1.54) is 23.5 Å². The van der Waals surface area contributed by atoms with Crippen molar-refractivity contribution in [2.24, 2.45) is 4.99 Å². The summed E-state index contributed by atoms with van der Waals surface area (Å²) in [4.78, 5) is 23.0. The van der Waals surface area contributed by atoms with Gasteiger partial charge in [-0.1, -0.05) is 23.4 Å². The average Bonchev–Trinajstić information content (AvgIpc) is 3.35. The number of furan rings is 1. The monoisotopic (exact) mass is 589 g/mol. The van der Waals surface area contributed by atoms with E-state index in [0.29, 0.717) is 25.9 Å². The molecule has 10 heteroatoms. The first kappa shape index (κ1) is 24.5. The van der Waals surface area contributed by atoms with E-state index in [1.54, 1.807) is 18.0 Å². The fourth-order valence-electron chi connectivity index (χ4n) is 3.57. The molecule has 2 fully saturated rings. The molecule has 0 unspecified atom stereocenters. The predicted molar refractivity (Wildman–Crippen MR) is 147 cm³/mol. The van der Waals surface area contributed by atoms with Gasteiger partial charge in [0.2, 0.25) is 0 Å². The van der Waals surface area contributed by atoms with Crippen molar-refractivity contribution in [3.63, 3.8) is 0 Å². The summed E-state index contributed by atoms with van der Waals surface area (Å²) in [6.45, 7) is 3.27. The van der Waals surface area contributed by atoms with Crippen LogP contribution >= 0.6 is 51.1 Å². The Morgan fingerprint density at radius 3 is 2.54 bits per heavy atom. The van der Waals surface area contributed by atoms with Gasteiger partial charge >= 0.3 is 0 Å². The zero-order valence-corrected chi connectivity index (χ0v) is 22.7. The van der Waals surface area contributed by atoms with Gasteiger partial charge in [0.05, 0.1) is 28.3 Å². The molecule has 5 rings (SSSR count). The van der Waals surface area contributed by atoms with Crippen molar-refractivity contribution in [3.05, 3.63) is 74.8 Å². The molecule has 0 aliphatic carbocycles. The fraction of sp³-hybridized carbons (Fsp3) is 0.200. The number of carbonyl (C=O) groups is 1. The summed E-state index contributed by atoms with van der Waals surface area (Å²) in [5.74, 6) is 0.479. The van der Waals surface area contributed by atoms with Crippen LogP contribution in [0.15, 0.2) is 83.4 Å². The van der Waals surface area contributed by atoms with Crippen molar-refractivity contribution in [1.82, 2.24) is 4.90 Å². The average molecular weight is 591 g/mol. The van der Waals surface area contributed by atoms with E-state index in [0.717, 1.165) is 47.0 Å². The van der Waals surface area contributed by atoms with Gasteiger partial charge in [-0.25, -0.2) is 4.99 Å². The van der Waals surface area contributed by atoms with Gasteiger partial charge in [-0.15, -0.1) is 0 Å². The number of benzene rings is 2. The first-order chi connectivity index (χ1) is 17.0. The number of anilines is 1. The van der Waals surface area contributed by atoms with Crippen LogP contribution in [0.3, 0.4) is 0 Å². The number of hydrogen-bond donors (Lipinski definition) is 0. The Balaban J connectivity index is 1.30. The lowest BCUT2D eigenvalue weighted by Gasteiger charge is -2.28. The Kier molecular flexibility index (Phi) is 7.59. The lowest BCUT2D eigenvalue weighted by molar-refractivity contribution is -0.121. The summed E-state index contributed by atoms with van der Waals surface area (Å²) in [6, 6.07) is 17.5. The molecule has 3 heterocycles. The topological polar surface area (TPSA) is 58.3 Å². The third kappa shape index (κ3) is 5.81. The molecule has 180 valence electrons. The number of halogens is 2. The highest BCUT2D eigenvalue weighted by Crippen LogP contribution is 2.39. The number of nitrogens with zero attached hydrogens (tertiary/aromatic N) is 3. The van der Waals surface area contributed by atoms with E-state index in [9.17, 15) is 4.79 Å². The number of thioether (sulfide) groups is 1. The second-order valence-corrected chi connectivity index (χ2v) is 11.2. The minimum atomic E-state index is -0.113. The summed E-state index contributed by atoms with van der Waals surface area (Å²) in [7, 11) is 1.73. The molecule has 6 nitrogen and oxygen atoms in total. The lowest BCUT2D eigenvalue weighted by Crippen LogP contribution is -2.36. The molecule has 0 atom stereocenters. The molecule has 1 aromatic heterocycles. The quantitative estimate of drug-likeness (QED) is 0.301. The van der Waals surface area contributed by atoms with Crippen molar-refractivity contribution in [1.29, 1.82) is 0 Å². The molecule has 0 saturated carbocycles. The van der Waals surface area contributed by atoms with Gasteiger partial charge in [0.1, 0.15) is 5.76 Å². The molecule has 35 heavy (non-hydrogen) atoms. The Labute approximate surface area is 225 Å². The zero-order valence-electron chi connectivity index (χ0n) is 18.7. The SMILES string of the molecule is CN1C(=O)/C(=C/c2cc(Br)c(Sc3ccc(Cl)cc3)o2)SC1=Nc1ccc(N2CCOCC2)cc1. The van der Waals surface area contributed by atoms with Gasteiger partial charge in [-0.3, -0.25) is 9.69 Å². The second-order valence-electron chi connectivity index (χ2n) is 7.83. The van der Waals surface area contributed by atoms with Crippen LogP contribution in [0.1, 0.15) is 5.76 Å². The first-order valence-corrected chi connectivity index (χ1v) is 13.7. The second kappa shape index (κ2) is 10.8. The minimum absolute atomic E-state index is 0.113. The van der Waals surface area contributed by atoms with Crippen molar-refractivity contribution < 1.29 is 13.9 Å². The van der Waals surface area contributed by atoms with Crippen molar-refractivity contribution >= 4 is 79.6 Å². The maximum absolute atomic E-state index is 12.9. The van der Waals surface area contributed by atoms with E-state index < -0.39 is 0 Å². The molecule has 0 spiro atoms. The molecular weight excluding hydrogens is 570 g/mol. The Bertz CT molecular complexity index is 1290. The Hall–Kier alpha value is -2.17. The number of carbonyl (C=O) groups excluding carboxylic acids is 1. The highest BCUT2D eigenvalue weighted by atomic mass is 79.9. The van der Waals surface area contributed by atoms with Crippen LogP contribution in [0.2, 0.25) is 5.02 Å². The number of rotatable bonds is 5. The number of morpholine rings is 1. The molecule has 3 aromatic rings. The van der Waals surface area contributed by atoms with Crippen LogP contribution in [-0.2, 0) is 9.53 Å². The Morgan fingerprint density at radius 1 is 1.11 bits per heavy atom. The van der Waals surface area contributed by atoms with Gasteiger partial charge in [0.25, 0.3) is 5.91 Å². The number of amides is 1. The molecule has 2 aliphatic heterocycles. The maximum Gasteiger partial charge on any atom is 0.266 e. The van der Waals surface area contributed by atoms with Gasteiger partial charge in [-0.05, 0) is 82.3 Å². The van der Waals surface area contributed by atoms with Crippen LogP contribution in [-0.4, -0.2) is 49.3 Å². The molecule has 0 radical (unpaired) electrons. The van der Waals surface area contributed by atoms with Gasteiger partial charge in [0, 0.05) is 41.8 Å². The lowest BCUT2D eigenvalue weighted by atomic mass is 10.2. The predicted octanol–water partition coefficient (Wildman–Crippen LogP) is 6.92. The standard InChI is InChI=1S/C25H21BrClN3O3S2/c1-29-23(31)22(15-19-14-21(26)24(33-19)34-20-8-2-16(27)3-9-20)35-25(29)28-17-4-6-18(7-5-17)30-10-12-32-13-11-30/h2-9,14-15H,10-13H2,1H3/b22-15-,28-25?. The molecule has 0 N–H and O–H groups in total. The van der Waals surface area contributed by atoms with E-state index >= 15 is 0 Å². The smallest absolute Gasteiger partial charge is 0.266 e. The summed E-state index contributed by atoms with van der Waals surface area (Å²) in [6.07, 6.45) is 1.75. The number of hydrogen-bond acceptors (Lipinski definition) is 7. The summed E-state index contributed by atoms with van der Waals surface area (Å²) >= 11 is 12.3. The van der Waals surface area contributed by atoms with E-state index in [-0.39, 0.29) is 5.91 Å². The largest absolute Gasteiger partial charge is 0.449 e. The van der Waals surface area contributed by atoms with Crippen LogP contribution in [0, 0.1) is 0 Å². The van der Waals surface area contributed by atoms with Crippen LogP contribution in [0.4, 0.5) is 11.4 Å². The normalized spacial score (nSPS) is 18.8. The number of likely N-dealkylation sites (N-methyl/N-ethyl adjacent to an activating group) is 1. The van der Waals surface area contributed by atoms with Gasteiger partial charge in [0.15, 0.2) is 10.3 Å².